The number of halogens is 2. The minimum Gasteiger partial charge on any atom is -0.147 e. The van der Waals surface area contributed by atoms with E-state index in [1.165, 1.54) is 22.3 Å². The van der Waals surface area contributed by atoms with Gasteiger partial charge in [0.25, 0.3) is 0 Å². The van der Waals surface area contributed by atoms with E-state index in [1.54, 1.807) is 22.7 Å². The number of hydrogen-bond donors (Lipinski definition) is 0. The molecule has 2 aliphatic carbocycles. The first-order valence-electron chi connectivity index (χ1n) is 11.0. The summed E-state index contributed by atoms with van der Waals surface area (Å²) in [5.74, 6) is 1.05. The van der Waals surface area contributed by atoms with Crippen LogP contribution in [-0.4, -0.2) is 3.81 Å². The predicted octanol–water partition coefficient (Wildman–Crippen LogP) is 8.46. The van der Waals surface area contributed by atoms with Crippen LogP contribution >= 0.6 is 24.8 Å². The largest absolute Gasteiger partial charge is 0.147 e. The zero-order valence-corrected chi connectivity index (χ0v) is 23.1. The molecule has 0 saturated heterocycles. The van der Waals surface area contributed by atoms with Crippen molar-refractivity contribution < 1.29 is 17.4 Å². The van der Waals surface area contributed by atoms with Crippen LogP contribution in [-0.2, 0) is 17.4 Å². The van der Waals surface area contributed by atoms with Crippen LogP contribution in [0.5, 0.6) is 0 Å². The second kappa shape index (κ2) is 11.1. The molecular weight excluding hydrogens is 467 g/mol. The van der Waals surface area contributed by atoms with Crippen LogP contribution < -0.4 is 0 Å². The summed E-state index contributed by atoms with van der Waals surface area (Å²) < 4.78 is 5.07. The van der Waals surface area contributed by atoms with Gasteiger partial charge in [0, 0.05) is 0 Å². The van der Waals surface area contributed by atoms with Gasteiger partial charge in [0.1, 0.15) is 0 Å². The van der Waals surface area contributed by atoms with Gasteiger partial charge in [0.05, 0.1) is 0 Å². The van der Waals surface area contributed by atoms with Gasteiger partial charge in [-0.2, -0.15) is 0 Å². The molecule has 3 heteroatoms. The van der Waals surface area contributed by atoms with Gasteiger partial charge >= 0.3 is 189 Å². The van der Waals surface area contributed by atoms with Gasteiger partial charge in [-0.3, -0.25) is 0 Å². The van der Waals surface area contributed by atoms with Crippen LogP contribution in [0.2, 0.25) is 0 Å². The molecule has 0 spiro atoms. The second-order valence-corrected chi connectivity index (χ2v) is 12.5. The molecule has 2 aliphatic rings. The molecule has 0 aliphatic heterocycles. The molecule has 0 nitrogen and oxygen atoms in total. The molecule has 2 aromatic carbocycles. The minimum absolute atomic E-state index is 0. The van der Waals surface area contributed by atoms with E-state index in [-0.39, 0.29) is 24.8 Å². The number of hydrogen-bond acceptors (Lipinski definition) is 0. The Balaban J connectivity index is 0.00000181. The molecule has 0 aromatic heterocycles. The Labute approximate surface area is 212 Å². The molecule has 32 heavy (non-hydrogen) atoms. The summed E-state index contributed by atoms with van der Waals surface area (Å²) >= 11 is -2.03. The van der Waals surface area contributed by atoms with Crippen LogP contribution in [0, 0.1) is 11.8 Å². The fraction of sp³-hybridized carbons (Fsp3) is 0.276. The number of allylic oxidation sites excluding steroid dienone is 8. The third-order valence-electron chi connectivity index (χ3n) is 6.82. The van der Waals surface area contributed by atoms with E-state index >= 15 is 0 Å². The fourth-order valence-electron chi connectivity index (χ4n) is 5.18. The maximum Gasteiger partial charge on any atom is -0.147 e. The zero-order chi connectivity index (χ0) is 21.4. The molecule has 0 heterocycles. The van der Waals surface area contributed by atoms with E-state index in [0.717, 1.165) is 0 Å². The Kier molecular flexibility index (Phi) is 9.32. The molecule has 2 unspecified atom stereocenters. The summed E-state index contributed by atoms with van der Waals surface area (Å²) in [7, 11) is 0. The van der Waals surface area contributed by atoms with E-state index in [1.807, 2.05) is 0 Å². The standard InChI is InChI=1S/C13H10.2C8H11.2ClH.Ti/c1-3-7-12(8-4-1)11-13-9-5-2-6-10-13;2*1-6-4-7(2)8(3)5-6;;;/h1-10H;2*4,6H,1-3H3;2*1H;. The van der Waals surface area contributed by atoms with Crippen molar-refractivity contribution >= 4 is 28.6 Å². The first-order chi connectivity index (χ1) is 14.4. The fourth-order valence-corrected chi connectivity index (χ4v) is 11.4. The normalized spacial score (nSPS) is 19.8. The molecule has 0 radical (unpaired) electrons. The molecule has 0 N–H and O–H groups in total. The third-order valence-corrected chi connectivity index (χ3v) is 12.8. The summed E-state index contributed by atoms with van der Waals surface area (Å²) in [5, 5.41) is 0. The van der Waals surface area contributed by atoms with Gasteiger partial charge in [-0.25, -0.2) is 0 Å². The summed E-state index contributed by atoms with van der Waals surface area (Å²) in [6, 6.07) is 22.3. The molecule has 4 rings (SSSR count). The van der Waals surface area contributed by atoms with Crippen molar-refractivity contribution in [3.05, 3.63) is 114 Å². The van der Waals surface area contributed by atoms with Crippen molar-refractivity contribution in [2.45, 2.75) is 41.5 Å². The third kappa shape index (κ3) is 4.90. The predicted molar refractivity (Wildman–Crippen MR) is 142 cm³/mol. The van der Waals surface area contributed by atoms with E-state index in [2.05, 4.69) is 114 Å². The molecular formula is C29H34Cl2Ti. The molecule has 168 valence electrons. The van der Waals surface area contributed by atoms with Crippen molar-refractivity contribution in [2.24, 2.45) is 11.8 Å². The van der Waals surface area contributed by atoms with Crippen LogP contribution in [0.15, 0.2) is 103 Å². The average Bonchev–Trinajstić information content (AvgIpc) is 3.14. The molecule has 0 saturated carbocycles. The smallest absolute Gasteiger partial charge is 0.147 e. The van der Waals surface area contributed by atoms with Crippen LogP contribution in [0.25, 0.3) is 0 Å². The quantitative estimate of drug-likeness (QED) is 0.369. The van der Waals surface area contributed by atoms with Gasteiger partial charge in [-0.1, -0.05) is 0 Å². The van der Waals surface area contributed by atoms with Gasteiger partial charge in [-0.05, 0) is 0 Å². The van der Waals surface area contributed by atoms with Crippen molar-refractivity contribution in [2.75, 3.05) is 0 Å². The topological polar surface area (TPSA) is 0 Å². The summed E-state index contributed by atoms with van der Waals surface area (Å²) in [6.07, 6.45) is 4.97. The maximum absolute atomic E-state index is 2.49. The van der Waals surface area contributed by atoms with E-state index in [9.17, 15) is 0 Å². The second-order valence-electron chi connectivity index (χ2n) is 8.84. The summed E-state index contributed by atoms with van der Waals surface area (Å²) in [6.45, 7) is 14.1. The SMILES string of the molecule is CC1=CC(C)[C]([Ti]([C]2=C(C)C(C)=CC2C)=[C](c2ccccc2)c2ccccc2)=C1C.Cl.Cl. The molecule has 2 atom stereocenters. The van der Waals surface area contributed by atoms with Crippen LogP contribution in [0.4, 0.5) is 0 Å². The number of benzene rings is 2. The molecule has 0 amide bonds. The number of rotatable bonds is 4. The molecule has 2 aromatic rings. The monoisotopic (exact) mass is 500 g/mol. The van der Waals surface area contributed by atoms with Gasteiger partial charge < -0.3 is 0 Å². The molecule has 0 bridgehead atoms. The van der Waals surface area contributed by atoms with E-state index < -0.39 is 17.4 Å². The van der Waals surface area contributed by atoms with Crippen molar-refractivity contribution in [1.29, 1.82) is 0 Å². The van der Waals surface area contributed by atoms with Crippen molar-refractivity contribution in [3.63, 3.8) is 0 Å². The van der Waals surface area contributed by atoms with Gasteiger partial charge in [0.15, 0.2) is 0 Å². The molecule has 0 fully saturated rings. The first-order valence-corrected chi connectivity index (χ1v) is 13.4. The Bertz CT molecular complexity index is 1040. The van der Waals surface area contributed by atoms with E-state index in [0.29, 0.717) is 11.8 Å². The Hall–Kier alpha value is -1.44. The van der Waals surface area contributed by atoms with Gasteiger partial charge in [0.2, 0.25) is 0 Å². The van der Waals surface area contributed by atoms with Crippen LogP contribution in [0.1, 0.15) is 52.7 Å². The minimum atomic E-state index is -2.03. The van der Waals surface area contributed by atoms with Crippen molar-refractivity contribution in [3.8, 4) is 0 Å². The Morgan fingerprint density at radius 3 is 1.22 bits per heavy atom. The van der Waals surface area contributed by atoms with Gasteiger partial charge in [-0.15, -0.1) is 24.8 Å². The average molecular weight is 501 g/mol. The van der Waals surface area contributed by atoms with Crippen molar-refractivity contribution in [1.82, 2.24) is 0 Å². The first kappa shape index (κ1) is 26.8. The van der Waals surface area contributed by atoms with Crippen LogP contribution in [0.3, 0.4) is 0 Å². The zero-order valence-electron chi connectivity index (χ0n) is 19.9. The summed E-state index contributed by atoms with van der Waals surface area (Å²) in [5.41, 5.74) is 8.81. The maximum atomic E-state index is 2.49. The Morgan fingerprint density at radius 2 is 0.938 bits per heavy atom. The summed E-state index contributed by atoms with van der Waals surface area (Å²) in [4.78, 5) is 0. The van der Waals surface area contributed by atoms with E-state index in [4.69, 9.17) is 0 Å². The Morgan fingerprint density at radius 1 is 0.594 bits per heavy atom.